The molecule has 0 unspecified atom stereocenters. The van der Waals surface area contributed by atoms with Gasteiger partial charge in [-0.05, 0) is 24.3 Å². The summed E-state index contributed by atoms with van der Waals surface area (Å²) >= 11 is 5.56. The van der Waals surface area contributed by atoms with Gasteiger partial charge in [-0.3, -0.25) is 0 Å². The SMILES string of the molecule is B.Nc1ccc(Cl)cc1. The molecule has 0 atom stereocenters. The molecule has 2 N–H and O–H groups in total. The van der Waals surface area contributed by atoms with Crippen molar-refractivity contribution in [3.63, 3.8) is 0 Å². The third-order valence-electron chi connectivity index (χ3n) is 0.870. The molecule has 0 aliphatic heterocycles. The highest BCUT2D eigenvalue weighted by Gasteiger charge is 1.82. The van der Waals surface area contributed by atoms with Gasteiger partial charge in [0, 0.05) is 10.7 Å². The lowest BCUT2D eigenvalue weighted by Crippen LogP contribution is -1.80. The number of rotatable bonds is 0. The Morgan fingerprint density at radius 2 is 1.56 bits per heavy atom. The molecule has 0 fully saturated rings. The summed E-state index contributed by atoms with van der Waals surface area (Å²) in [5.74, 6) is 0. The van der Waals surface area contributed by atoms with Crippen molar-refractivity contribution >= 4 is 25.7 Å². The van der Waals surface area contributed by atoms with Crippen LogP contribution >= 0.6 is 11.6 Å². The fraction of sp³-hybridized carbons (Fsp3) is 0. The Labute approximate surface area is 61.4 Å². The minimum atomic E-state index is 0. The summed E-state index contributed by atoms with van der Waals surface area (Å²) in [6.45, 7) is 0. The molecule has 0 heterocycles. The largest absolute Gasteiger partial charge is 0.399 e. The first-order chi connectivity index (χ1) is 3.79. The minimum Gasteiger partial charge on any atom is -0.399 e. The first-order valence-electron chi connectivity index (χ1n) is 2.30. The van der Waals surface area contributed by atoms with Gasteiger partial charge in [0.2, 0.25) is 0 Å². The predicted molar refractivity (Wildman–Crippen MR) is 45.8 cm³/mol. The van der Waals surface area contributed by atoms with Crippen LogP contribution in [-0.2, 0) is 0 Å². The van der Waals surface area contributed by atoms with Crippen molar-refractivity contribution in [3.8, 4) is 0 Å². The molecule has 9 heavy (non-hydrogen) atoms. The summed E-state index contributed by atoms with van der Waals surface area (Å²) < 4.78 is 0. The van der Waals surface area contributed by atoms with Crippen molar-refractivity contribution in [2.45, 2.75) is 0 Å². The van der Waals surface area contributed by atoms with Crippen LogP contribution in [0.1, 0.15) is 0 Å². The molecule has 0 spiro atoms. The number of benzene rings is 1. The molecule has 0 saturated heterocycles. The van der Waals surface area contributed by atoms with Crippen LogP contribution < -0.4 is 5.73 Å². The summed E-state index contributed by atoms with van der Waals surface area (Å²) in [6, 6.07) is 7.05. The molecule has 1 nitrogen and oxygen atoms in total. The van der Waals surface area contributed by atoms with Gasteiger partial charge in [-0.25, -0.2) is 0 Å². The van der Waals surface area contributed by atoms with Gasteiger partial charge in [0.1, 0.15) is 0 Å². The topological polar surface area (TPSA) is 26.0 Å². The van der Waals surface area contributed by atoms with Crippen LogP contribution in [0.5, 0.6) is 0 Å². The Balaban J connectivity index is 0.000000640. The van der Waals surface area contributed by atoms with E-state index in [0.717, 1.165) is 10.7 Å². The fourth-order valence-electron chi connectivity index (χ4n) is 0.463. The van der Waals surface area contributed by atoms with Crippen LogP contribution in [-0.4, -0.2) is 8.41 Å². The van der Waals surface area contributed by atoms with E-state index >= 15 is 0 Å². The molecule has 0 radical (unpaired) electrons. The second-order valence-corrected chi connectivity index (χ2v) is 1.99. The Kier molecular flexibility index (Phi) is 3.17. The number of nitrogens with two attached hydrogens (primary N) is 1. The average Bonchev–Trinajstić information content (AvgIpc) is 1.77. The molecule has 1 rings (SSSR count). The molecule has 0 aliphatic carbocycles. The van der Waals surface area contributed by atoms with E-state index in [0.29, 0.717) is 0 Å². The average molecular weight is 141 g/mol. The van der Waals surface area contributed by atoms with Gasteiger partial charge < -0.3 is 5.73 Å². The van der Waals surface area contributed by atoms with E-state index in [1.165, 1.54) is 0 Å². The molecule has 0 saturated carbocycles. The first kappa shape index (κ1) is 8.37. The van der Waals surface area contributed by atoms with Crippen LogP contribution in [0.3, 0.4) is 0 Å². The Bertz CT molecular complexity index is 152. The highest BCUT2D eigenvalue weighted by molar-refractivity contribution is 6.30. The van der Waals surface area contributed by atoms with E-state index < -0.39 is 0 Å². The van der Waals surface area contributed by atoms with E-state index in [4.69, 9.17) is 17.3 Å². The van der Waals surface area contributed by atoms with E-state index in [1.807, 2.05) is 0 Å². The highest BCUT2D eigenvalue weighted by atomic mass is 35.5. The monoisotopic (exact) mass is 141 g/mol. The molecule has 1 aromatic rings. The van der Waals surface area contributed by atoms with Crippen LogP contribution in [0.2, 0.25) is 5.02 Å². The van der Waals surface area contributed by atoms with Gasteiger partial charge in [0.15, 0.2) is 0 Å². The smallest absolute Gasteiger partial charge is 0.0814 e. The van der Waals surface area contributed by atoms with E-state index in [-0.39, 0.29) is 8.41 Å². The lowest BCUT2D eigenvalue weighted by atomic mass is 10.3. The van der Waals surface area contributed by atoms with E-state index in [1.54, 1.807) is 24.3 Å². The number of hydrogen-bond donors (Lipinski definition) is 1. The lowest BCUT2D eigenvalue weighted by molar-refractivity contribution is 1.69. The van der Waals surface area contributed by atoms with Gasteiger partial charge in [0.25, 0.3) is 0 Å². The summed E-state index contributed by atoms with van der Waals surface area (Å²) in [6.07, 6.45) is 0. The highest BCUT2D eigenvalue weighted by Crippen LogP contribution is 2.09. The van der Waals surface area contributed by atoms with Crippen molar-refractivity contribution in [1.82, 2.24) is 0 Å². The molecule has 0 bridgehead atoms. The number of halogens is 1. The van der Waals surface area contributed by atoms with Crippen LogP contribution in [0.25, 0.3) is 0 Å². The second kappa shape index (κ2) is 3.41. The third-order valence-corrected chi connectivity index (χ3v) is 1.12. The maximum absolute atomic E-state index is 5.56. The van der Waals surface area contributed by atoms with Crippen LogP contribution in [0, 0.1) is 0 Å². The van der Waals surface area contributed by atoms with Gasteiger partial charge in [0.05, 0.1) is 8.41 Å². The van der Waals surface area contributed by atoms with Gasteiger partial charge >= 0.3 is 0 Å². The third kappa shape index (κ3) is 2.42. The standard InChI is InChI=1S/C6H6ClN.BH3/c7-5-1-3-6(8)4-2-5;/h1-4H,8H2;1H3. The number of anilines is 1. The Morgan fingerprint density at radius 1 is 1.11 bits per heavy atom. The number of hydrogen-bond acceptors (Lipinski definition) is 1. The lowest BCUT2D eigenvalue weighted by Gasteiger charge is -1.88. The van der Waals surface area contributed by atoms with Crippen LogP contribution in [0.4, 0.5) is 5.69 Å². The zero-order chi connectivity index (χ0) is 5.98. The van der Waals surface area contributed by atoms with Crippen LogP contribution in [0.15, 0.2) is 24.3 Å². The Morgan fingerprint density at radius 3 is 1.89 bits per heavy atom. The zero-order valence-electron chi connectivity index (χ0n) is 4.26. The fourth-order valence-corrected chi connectivity index (χ4v) is 0.589. The first-order valence-corrected chi connectivity index (χ1v) is 2.68. The molecule has 0 amide bonds. The number of nitrogen functional groups attached to an aromatic ring is 1. The molecule has 0 aromatic heterocycles. The van der Waals surface area contributed by atoms with E-state index in [2.05, 4.69) is 0 Å². The van der Waals surface area contributed by atoms with Gasteiger partial charge in [-0.1, -0.05) is 11.6 Å². The van der Waals surface area contributed by atoms with Crippen molar-refractivity contribution in [1.29, 1.82) is 0 Å². The molecule has 1 aromatic carbocycles. The van der Waals surface area contributed by atoms with Crippen molar-refractivity contribution < 1.29 is 0 Å². The van der Waals surface area contributed by atoms with Crippen molar-refractivity contribution in [2.75, 3.05) is 5.73 Å². The molecule has 48 valence electrons. The quantitative estimate of drug-likeness (QED) is 0.419. The van der Waals surface area contributed by atoms with Crippen molar-refractivity contribution in [2.24, 2.45) is 0 Å². The molecule has 3 heteroatoms. The maximum Gasteiger partial charge on any atom is 0.0814 e. The molecule has 0 aliphatic rings. The predicted octanol–water partition coefficient (Wildman–Crippen LogP) is 0.738. The Hall–Kier alpha value is -0.625. The summed E-state index contributed by atoms with van der Waals surface area (Å²) in [5.41, 5.74) is 6.11. The molecular formula is C6H9BClN. The summed E-state index contributed by atoms with van der Waals surface area (Å²) in [4.78, 5) is 0. The normalized spacial score (nSPS) is 8.11. The van der Waals surface area contributed by atoms with E-state index in [9.17, 15) is 0 Å². The zero-order valence-corrected chi connectivity index (χ0v) is 5.02. The minimum absolute atomic E-state index is 0. The van der Waals surface area contributed by atoms with Crippen molar-refractivity contribution in [3.05, 3.63) is 29.3 Å². The second-order valence-electron chi connectivity index (χ2n) is 1.55. The summed E-state index contributed by atoms with van der Waals surface area (Å²) in [5, 5.41) is 0.721. The van der Waals surface area contributed by atoms with Gasteiger partial charge in [-0.15, -0.1) is 0 Å². The maximum atomic E-state index is 5.56. The van der Waals surface area contributed by atoms with Gasteiger partial charge in [-0.2, -0.15) is 0 Å². The summed E-state index contributed by atoms with van der Waals surface area (Å²) in [7, 11) is 0. The molecular weight excluding hydrogens is 132 g/mol.